The highest BCUT2D eigenvalue weighted by Gasteiger charge is 2.21. The molecule has 5 heterocycles. The molecule has 0 atom stereocenters. The largest absolute Gasteiger partial charge is 0.456 e. The minimum atomic E-state index is 0.712. The SMILES string of the molecule is c1ccc(N(c2ccc3c(c2)oc2ccccc23)c2cc3sc4nc(N(c5ccccc5)c5ccc6c(c5)oc5ccccc56)cnc4c3cn2)cc1. The summed E-state index contributed by atoms with van der Waals surface area (Å²) in [7, 11) is 0. The number of aromatic nitrogens is 3. The van der Waals surface area contributed by atoms with E-state index in [2.05, 4.69) is 88.7 Å². The van der Waals surface area contributed by atoms with Crippen molar-refractivity contribution in [2.45, 2.75) is 0 Å². The highest BCUT2D eigenvalue weighted by Crippen LogP contribution is 2.42. The molecule has 53 heavy (non-hydrogen) atoms. The van der Waals surface area contributed by atoms with Crippen molar-refractivity contribution in [2.75, 3.05) is 9.80 Å². The molecule has 8 heteroatoms. The molecule has 6 aromatic carbocycles. The summed E-state index contributed by atoms with van der Waals surface area (Å²) in [6.07, 6.45) is 3.76. The summed E-state index contributed by atoms with van der Waals surface area (Å²) >= 11 is 1.61. The quantitative estimate of drug-likeness (QED) is 0.171. The number of para-hydroxylation sites is 4. The van der Waals surface area contributed by atoms with Crippen molar-refractivity contribution in [3.8, 4) is 0 Å². The van der Waals surface area contributed by atoms with Crippen molar-refractivity contribution in [3.05, 3.63) is 164 Å². The number of benzene rings is 6. The predicted molar refractivity (Wildman–Crippen MR) is 217 cm³/mol. The van der Waals surface area contributed by atoms with Gasteiger partial charge in [0.25, 0.3) is 0 Å². The first-order valence-electron chi connectivity index (χ1n) is 17.3. The van der Waals surface area contributed by atoms with Crippen LogP contribution in [0.1, 0.15) is 0 Å². The molecule has 0 aliphatic carbocycles. The monoisotopic (exact) mass is 701 g/mol. The van der Waals surface area contributed by atoms with E-state index in [1.165, 1.54) is 0 Å². The lowest BCUT2D eigenvalue weighted by molar-refractivity contribution is 0.668. The van der Waals surface area contributed by atoms with Crippen LogP contribution in [0.3, 0.4) is 0 Å². The molecule has 0 unspecified atom stereocenters. The first-order valence-corrected chi connectivity index (χ1v) is 18.2. The second-order valence-corrected chi connectivity index (χ2v) is 14.0. The average Bonchev–Trinajstić information content (AvgIpc) is 3.89. The molecule has 0 radical (unpaired) electrons. The Kier molecular flexibility index (Phi) is 6.59. The molecular weight excluding hydrogens is 675 g/mol. The van der Waals surface area contributed by atoms with Crippen LogP contribution in [0.5, 0.6) is 0 Å². The molecule has 0 spiro atoms. The zero-order valence-electron chi connectivity index (χ0n) is 28.0. The van der Waals surface area contributed by atoms with Crippen LogP contribution in [0.4, 0.5) is 34.4 Å². The first-order chi connectivity index (χ1) is 26.2. The Hall–Kier alpha value is -7.03. The fraction of sp³-hybridized carbons (Fsp3) is 0. The van der Waals surface area contributed by atoms with E-state index in [1.54, 1.807) is 11.3 Å². The fourth-order valence-corrected chi connectivity index (χ4v) is 8.36. The minimum Gasteiger partial charge on any atom is -0.456 e. The lowest BCUT2D eigenvalue weighted by atomic mass is 10.1. The van der Waals surface area contributed by atoms with E-state index in [0.717, 1.165) is 92.9 Å². The summed E-state index contributed by atoms with van der Waals surface area (Å²) in [5.41, 5.74) is 8.06. The van der Waals surface area contributed by atoms with E-state index < -0.39 is 0 Å². The minimum absolute atomic E-state index is 0.712. The lowest BCUT2D eigenvalue weighted by Gasteiger charge is -2.24. The molecule has 0 bridgehead atoms. The summed E-state index contributed by atoms with van der Waals surface area (Å²) in [5, 5.41) is 5.32. The van der Waals surface area contributed by atoms with Gasteiger partial charge in [0.1, 0.15) is 38.5 Å². The fourth-order valence-electron chi connectivity index (χ4n) is 7.33. The van der Waals surface area contributed by atoms with Crippen molar-refractivity contribution < 1.29 is 8.83 Å². The van der Waals surface area contributed by atoms with Gasteiger partial charge in [-0.05, 0) is 66.7 Å². The number of pyridine rings is 1. The zero-order chi connectivity index (χ0) is 34.9. The van der Waals surface area contributed by atoms with Crippen LogP contribution >= 0.6 is 11.3 Å². The number of hydrogen-bond acceptors (Lipinski definition) is 8. The van der Waals surface area contributed by atoms with Gasteiger partial charge < -0.3 is 8.83 Å². The molecule has 0 aliphatic heterocycles. The molecule has 5 aromatic heterocycles. The zero-order valence-corrected chi connectivity index (χ0v) is 28.9. The molecule has 0 N–H and O–H groups in total. The van der Waals surface area contributed by atoms with Gasteiger partial charge >= 0.3 is 0 Å². The standard InChI is InChI=1S/C45H27N5O2S/c1-3-11-28(12-4-1)49(30-19-21-34-32-15-7-9-17-37(32)51-39(34)23-30)42-25-41-36(26-46-42)44-45(53-41)48-43(27-47-44)50(29-13-5-2-6-14-29)31-20-22-35-33-16-8-10-18-38(33)52-40(35)24-31/h1-27H. The molecule has 0 fully saturated rings. The summed E-state index contributed by atoms with van der Waals surface area (Å²) in [6.45, 7) is 0. The van der Waals surface area contributed by atoms with Crippen LogP contribution in [-0.4, -0.2) is 15.0 Å². The number of furan rings is 2. The Morgan fingerprint density at radius 3 is 1.55 bits per heavy atom. The molecule has 7 nitrogen and oxygen atoms in total. The smallest absolute Gasteiger partial charge is 0.157 e. The van der Waals surface area contributed by atoms with Gasteiger partial charge in [-0.3, -0.25) is 9.80 Å². The Labute approximate surface area is 306 Å². The Bertz CT molecular complexity index is 2940. The van der Waals surface area contributed by atoms with Crippen LogP contribution in [-0.2, 0) is 0 Å². The summed E-state index contributed by atoms with van der Waals surface area (Å²) in [5.74, 6) is 1.50. The van der Waals surface area contributed by atoms with Crippen molar-refractivity contribution in [1.82, 2.24) is 15.0 Å². The number of rotatable bonds is 6. The summed E-state index contributed by atoms with van der Waals surface area (Å²) < 4.78 is 13.6. The number of anilines is 6. The van der Waals surface area contributed by atoms with Gasteiger partial charge in [0.15, 0.2) is 5.82 Å². The molecule has 11 aromatic rings. The molecular formula is C45H27N5O2S. The van der Waals surface area contributed by atoms with Crippen LogP contribution in [0.15, 0.2) is 173 Å². The molecule has 0 amide bonds. The van der Waals surface area contributed by atoms with Crippen molar-refractivity contribution >= 4 is 110 Å². The van der Waals surface area contributed by atoms with Gasteiger partial charge in [-0.1, -0.05) is 72.8 Å². The van der Waals surface area contributed by atoms with Crippen LogP contribution < -0.4 is 9.80 Å². The van der Waals surface area contributed by atoms with Crippen molar-refractivity contribution in [1.29, 1.82) is 0 Å². The molecule has 0 saturated carbocycles. The van der Waals surface area contributed by atoms with Gasteiger partial charge in [-0.15, -0.1) is 11.3 Å². The van der Waals surface area contributed by atoms with E-state index in [0.29, 0.717) is 5.82 Å². The molecule has 0 aliphatic rings. The van der Waals surface area contributed by atoms with E-state index in [4.69, 9.17) is 23.8 Å². The van der Waals surface area contributed by atoms with Crippen LogP contribution in [0, 0.1) is 0 Å². The number of nitrogens with zero attached hydrogens (tertiary/aromatic N) is 5. The maximum atomic E-state index is 6.28. The van der Waals surface area contributed by atoms with Gasteiger partial charge in [0.05, 0.1) is 17.6 Å². The van der Waals surface area contributed by atoms with E-state index in [1.807, 2.05) is 85.2 Å². The second kappa shape index (κ2) is 11.8. The number of fused-ring (bicyclic) bond motifs is 9. The van der Waals surface area contributed by atoms with Gasteiger partial charge in [-0.25, -0.2) is 15.0 Å². The molecule has 250 valence electrons. The van der Waals surface area contributed by atoms with E-state index in [9.17, 15) is 0 Å². The Balaban J connectivity index is 1.03. The summed E-state index contributed by atoms with van der Waals surface area (Å²) in [6, 6.07) is 51.6. The molecule has 11 rings (SSSR count). The third kappa shape index (κ3) is 4.84. The maximum absolute atomic E-state index is 6.28. The van der Waals surface area contributed by atoms with Crippen LogP contribution in [0.2, 0.25) is 0 Å². The normalized spacial score (nSPS) is 11.8. The topological polar surface area (TPSA) is 71.4 Å². The van der Waals surface area contributed by atoms with Crippen LogP contribution in [0.25, 0.3) is 64.3 Å². The highest BCUT2D eigenvalue weighted by atomic mass is 32.1. The van der Waals surface area contributed by atoms with Crippen molar-refractivity contribution in [3.63, 3.8) is 0 Å². The summed E-state index contributed by atoms with van der Waals surface area (Å²) in [4.78, 5) is 20.4. The number of hydrogen-bond donors (Lipinski definition) is 0. The van der Waals surface area contributed by atoms with E-state index in [-0.39, 0.29) is 0 Å². The Morgan fingerprint density at radius 1 is 0.415 bits per heavy atom. The number of thiophene rings is 1. The van der Waals surface area contributed by atoms with Gasteiger partial charge in [-0.2, -0.15) is 0 Å². The third-order valence-corrected chi connectivity index (χ3v) is 10.8. The third-order valence-electron chi connectivity index (χ3n) is 9.77. The van der Waals surface area contributed by atoms with Crippen molar-refractivity contribution in [2.24, 2.45) is 0 Å². The average molecular weight is 702 g/mol. The van der Waals surface area contributed by atoms with E-state index >= 15 is 0 Å². The molecule has 0 saturated heterocycles. The second-order valence-electron chi connectivity index (χ2n) is 12.9. The lowest BCUT2D eigenvalue weighted by Crippen LogP contribution is -2.11. The predicted octanol–water partition coefficient (Wildman–Crippen LogP) is 13.0. The van der Waals surface area contributed by atoms with Gasteiger partial charge in [0.2, 0.25) is 0 Å². The highest BCUT2D eigenvalue weighted by molar-refractivity contribution is 7.25. The first kappa shape index (κ1) is 29.7. The maximum Gasteiger partial charge on any atom is 0.157 e. The Morgan fingerprint density at radius 2 is 0.943 bits per heavy atom. The van der Waals surface area contributed by atoms with Gasteiger partial charge in [0, 0.05) is 61.3 Å².